The summed E-state index contributed by atoms with van der Waals surface area (Å²) in [5.41, 5.74) is 3.10. The van der Waals surface area contributed by atoms with Crippen LogP contribution in [0.5, 0.6) is 11.5 Å². The fourth-order valence-electron chi connectivity index (χ4n) is 4.56. The van der Waals surface area contributed by atoms with Crippen LogP contribution in [0.25, 0.3) is 10.8 Å². The highest BCUT2D eigenvalue weighted by atomic mass is 32.1. The molecule has 0 spiro atoms. The van der Waals surface area contributed by atoms with Gasteiger partial charge in [0.1, 0.15) is 17.6 Å². The Bertz CT molecular complexity index is 1630. The van der Waals surface area contributed by atoms with Crippen LogP contribution < -0.4 is 15.4 Å². The van der Waals surface area contributed by atoms with Crippen molar-refractivity contribution in [2.75, 3.05) is 5.32 Å². The first kappa shape index (κ1) is 23.0. The van der Waals surface area contributed by atoms with Crippen LogP contribution in [0.3, 0.4) is 0 Å². The topological polar surface area (TPSA) is 92.0 Å². The number of fused-ring (bicyclic) bond motifs is 4. The minimum atomic E-state index is -0.439. The van der Waals surface area contributed by atoms with E-state index in [9.17, 15) is 10.1 Å². The predicted molar refractivity (Wildman–Crippen MR) is 144 cm³/mol. The van der Waals surface area contributed by atoms with Crippen molar-refractivity contribution in [1.29, 1.82) is 5.26 Å². The average molecular weight is 506 g/mol. The lowest BCUT2D eigenvalue weighted by atomic mass is 10.1. The number of carbonyl (C=O) groups excluding carboxylic acids is 1. The molecule has 182 valence electrons. The van der Waals surface area contributed by atoms with Gasteiger partial charge in [0.25, 0.3) is 0 Å². The van der Waals surface area contributed by atoms with E-state index in [1.54, 1.807) is 23.7 Å². The van der Waals surface area contributed by atoms with Crippen LogP contribution in [0, 0.1) is 11.3 Å². The molecule has 1 aliphatic heterocycles. The molecule has 6 rings (SSSR count). The number of amides is 1. The molecule has 4 bridgehead atoms. The first-order valence-corrected chi connectivity index (χ1v) is 12.8. The summed E-state index contributed by atoms with van der Waals surface area (Å²) in [6.45, 7) is 1.03. The van der Waals surface area contributed by atoms with Crippen molar-refractivity contribution in [2.24, 2.45) is 0 Å². The molecule has 3 heterocycles. The van der Waals surface area contributed by atoms with Crippen LogP contribution >= 0.6 is 11.3 Å². The Morgan fingerprint density at radius 3 is 2.95 bits per heavy atom. The van der Waals surface area contributed by atoms with E-state index >= 15 is 0 Å². The van der Waals surface area contributed by atoms with Crippen molar-refractivity contribution < 1.29 is 9.53 Å². The molecule has 2 aromatic heterocycles. The summed E-state index contributed by atoms with van der Waals surface area (Å²) < 4.78 is 8.25. The van der Waals surface area contributed by atoms with E-state index in [2.05, 4.69) is 21.7 Å². The Balaban J connectivity index is 1.45. The highest BCUT2D eigenvalue weighted by Crippen LogP contribution is 2.32. The van der Waals surface area contributed by atoms with Crippen LogP contribution in [0.2, 0.25) is 0 Å². The Labute approximate surface area is 218 Å². The number of ether oxygens (including phenoxy) is 1. The Morgan fingerprint density at radius 1 is 1.14 bits per heavy atom. The quantitative estimate of drug-likeness (QED) is 0.332. The third-order valence-corrected chi connectivity index (χ3v) is 7.39. The van der Waals surface area contributed by atoms with Crippen LogP contribution in [-0.4, -0.2) is 21.5 Å². The van der Waals surface area contributed by atoms with E-state index in [1.807, 2.05) is 76.8 Å². The number of nitrogens with zero attached hydrogens (tertiary/aromatic N) is 3. The summed E-state index contributed by atoms with van der Waals surface area (Å²) in [7, 11) is 0. The van der Waals surface area contributed by atoms with E-state index in [0.717, 1.165) is 26.9 Å². The Morgan fingerprint density at radius 2 is 2.08 bits per heavy atom. The smallest absolute Gasteiger partial charge is 0.241 e. The monoisotopic (exact) mass is 505 g/mol. The van der Waals surface area contributed by atoms with E-state index in [1.165, 1.54) is 0 Å². The van der Waals surface area contributed by atoms with Crippen molar-refractivity contribution >= 4 is 33.7 Å². The Kier molecular flexibility index (Phi) is 6.15. The summed E-state index contributed by atoms with van der Waals surface area (Å²) in [6, 6.07) is 23.0. The lowest BCUT2D eigenvalue weighted by molar-refractivity contribution is -0.118. The zero-order chi connectivity index (χ0) is 25.2. The summed E-state index contributed by atoms with van der Waals surface area (Å²) in [4.78, 5) is 19.0. The zero-order valence-electron chi connectivity index (χ0n) is 19.8. The highest BCUT2D eigenvalue weighted by molar-refractivity contribution is 7.09. The lowest BCUT2D eigenvalue weighted by Crippen LogP contribution is -2.42. The molecule has 37 heavy (non-hydrogen) atoms. The van der Waals surface area contributed by atoms with Gasteiger partial charge in [-0.1, -0.05) is 30.3 Å². The number of nitrogens with one attached hydrogen (secondary N) is 2. The molecule has 1 aliphatic rings. The highest BCUT2D eigenvalue weighted by Gasteiger charge is 2.21. The molecule has 0 unspecified atom stereocenters. The van der Waals surface area contributed by atoms with Gasteiger partial charge in [0.05, 0.1) is 23.6 Å². The number of benzene rings is 3. The molecule has 7 nitrogen and oxygen atoms in total. The van der Waals surface area contributed by atoms with E-state index < -0.39 is 6.04 Å². The predicted octanol–water partition coefficient (Wildman–Crippen LogP) is 5.46. The number of imidazole rings is 1. The summed E-state index contributed by atoms with van der Waals surface area (Å²) in [5, 5.41) is 20.1. The van der Waals surface area contributed by atoms with Gasteiger partial charge in [0.2, 0.25) is 5.91 Å². The molecule has 8 heteroatoms. The number of carbonyl (C=O) groups is 1. The summed E-state index contributed by atoms with van der Waals surface area (Å²) in [6.07, 6.45) is 4.16. The van der Waals surface area contributed by atoms with Gasteiger partial charge in [-0.15, -0.1) is 11.3 Å². The molecule has 0 radical (unpaired) electrons. The van der Waals surface area contributed by atoms with E-state index in [4.69, 9.17) is 4.74 Å². The maximum atomic E-state index is 13.6. The van der Waals surface area contributed by atoms with Gasteiger partial charge >= 0.3 is 0 Å². The fraction of sp³-hybridized carbons (Fsp3) is 0.138. The first-order valence-electron chi connectivity index (χ1n) is 12.0. The minimum Gasteiger partial charge on any atom is -0.456 e. The lowest BCUT2D eigenvalue weighted by Gasteiger charge is -2.20. The standard InChI is InChI=1S/C29H23N5O2S/c30-14-21-7-6-19-11-28(21)36-23-9-8-20-3-1-5-26(25(20)12-23)33-29(35)27(13-24-4-2-10-37-24)32-16-22-15-31-18-34(22)17-19/h1-12,15,18,27,32H,13,16-17H2,(H,33,35)/t27-/m1/s1. The molecule has 2 N–H and O–H groups in total. The molecule has 3 aromatic carbocycles. The second-order valence-corrected chi connectivity index (χ2v) is 9.98. The largest absolute Gasteiger partial charge is 0.456 e. The average Bonchev–Trinajstić information content (AvgIpc) is 3.58. The minimum absolute atomic E-state index is 0.109. The number of anilines is 1. The number of hydrogen-bond donors (Lipinski definition) is 2. The van der Waals surface area contributed by atoms with Crippen molar-refractivity contribution in [1.82, 2.24) is 14.9 Å². The van der Waals surface area contributed by atoms with Crippen LogP contribution in [0.4, 0.5) is 5.69 Å². The number of thiophene rings is 1. The number of rotatable bonds is 2. The van der Waals surface area contributed by atoms with Gasteiger partial charge in [0, 0.05) is 41.7 Å². The van der Waals surface area contributed by atoms with Gasteiger partial charge in [-0.2, -0.15) is 5.26 Å². The number of nitriles is 1. The van der Waals surface area contributed by atoms with Crippen molar-refractivity contribution in [2.45, 2.75) is 25.6 Å². The van der Waals surface area contributed by atoms with Crippen molar-refractivity contribution in [3.05, 3.63) is 106 Å². The van der Waals surface area contributed by atoms with E-state index in [-0.39, 0.29) is 5.91 Å². The SMILES string of the molecule is N#Cc1ccc2cc1Oc1ccc3cccc(c3c1)NC(=O)[C@@H](Cc1cccs1)NCc1cncn1C2. The number of hydrogen-bond acceptors (Lipinski definition) is 6. The zero-order valence-corrected chi connectivity index (χ0v) is 20.7. The van der Waals surface area contributed by atoms with Gasteiger partial charge < -0.3 is 14.6 Å². The van der Waals surface area contributed by atoms with Gasteiger partial charge in [-0.3, -0.25) is 10.1 Å². The third-order valence-electron chi connectivity index (χ3n) is 6.49. The molecule has 0 saturated carbocycles. The molecule has 0 fully saturated rings. The van der Waals surface area contributed by atoms with Crippen molar-refractivity contribution in [3.63, 3.8) is 0 Å². The maximum absolute atomic E-state index is 13.6. The second kappa shape index (κ2) is 9.90. The third kappa shape index (κ3) is 4.83. The molecule has 0 saturated heterocycles. The first-order chi connectivity index (χ1) is 18.2. The maximum Gasteiger partial charge on any atom is 0.241 e. The fourth-order valence-corrected chi connectivity index (χ4v) is 5.31. The normalized spacial score (nSPS) is 15.5. The molecule has 1 atom stereocenters. The second-order valence-electron chi connectivity index (χ2n) is 8.95. The van der Waals surface area contributed by atoms with Gasteiger partial charge in [-0.25, -0.2) is 4.98 Å². The van der Waals surface area contributed by atoms with Crippen LogP contribution in [-0.2, 0) is 24.3 Å². The molecule has 5 aromatic rings. The Hall–Kier alpha value is -4.45. The molecule has 1 amide bonds. The van der Waals surface area contributed by atoms with Crippen molar-refractivity contribution in [3.8, 4) is 17.6 Å². The van der Waals surface area contributed by atoms with Crippen LogP contribution in [0.1, 0.15) is 21.7 Å². The van der Waals surface area contributed by atoms with E-state index in [0.29, 0.717) is 42.3 Å². The molecular weight excluding hydrogens is 482 g/mol. The molecule has 0 aliphatic carbocycles. The molecular formula is C29H23N5O2S. The summed E-state index contributed by atoms with van der Waals surface area (Å²) in [5.74, 6) is 0.970. The van der Waals surface area contributed by atoms with Gasteiger partial charge in [0.15, 0.2) is 0 Å². The summed E-state index contributed by atoms with van der Waals surface area (Å²) >= 11 is 1.64. The van der Waals surface area contributed by atoms with Crippen LogP contribution in [0.15, 0.2) is 84.6 Å². The van der Waals surface area contributed by atoms with Gasteiger partial charge in [-0.05, 0) is 52.7 Å². The number of aromatic nitrogens is 2.